The first-order valence-electron chi connectivity index (χ1n) is 9.07. The number of carbonyl (C=O) groups is 2. The molecule has 156 valence electrons. The predicted octanol–water partition coefficient (Wildman–Crippen LogP) is 3.17. The molecule has 7 nitrogen and oxygen atoms in total. The molecule has 0 aromatic heterocycles. The van der Waals surface area contributed by atoms with Crippen LogP contribution in [0.1, 0.15) is 32.3 Å². The number of hydrogen-bond donors (Lipinski definition) is 2. The molecule has 2 atom stereocenters. The van der Waals surface area contributed by atoms with E-state index in [0.717, 1.165) is 18.2 Å². The zero-order valence-corrected chi connectivity index (χ0v) is 17.3. The normalized spacial score (nSPS) is 14.6. The van der Waals surface area contributed by atoms with Gasteiger partial charge in [0.15, 0.2) is 0 Å². The molecule has 1 unspecified atom stereocenters. The van der Waals surface area contributed by atoms with Gasteiger partial charge in [0.1, 0.15) is 11.7 Å². The van der Waals surface area contributed by atoms with E-state index in [4.69, 9.17) is 19.9 Å². The number of carbonyl (C=O) groups excluding carboxylic acids is 1. The van der Waals surface area contributed by atoms with Gasteiger partial charge in [0.25, 0.3) is 0 Å². The Balaban J connectivity index is 2.52. The van der Waals surface area contributed by atoms with Gasteiger partial charge in [0, 0.05) is 5.56 Å². The summed E-state index contributed by atoms with van der Waals surface area (Å²) in [5.74, 6) is -3.05. The topological polar surface area (TPSA) is 108 Å². The molecule has 2 rings (SSSR count). The first kappa shape index (κ1) is 22.4. The summed E-state index contributed by atoms with van der Waals surface area (Å²) in [6.07, 6.45) is 0. The minimum Gasteiger partial charge on any atom is -0.496 e. The highest BCUT2D eigenvalue weighted by atomic mass is 16.6. The number of carboxylic acids is 1. The van der Waals surface area contributed by atoms with Crippen molar-refractivity contribution >= 4 is 11.9 Å². The van der Waals surface area contributed by atoms with Gasteiger partial charge < -0.3 is 19.3 Å². The third kappa shape index (κ3) is 4.93. The molecule has 0 aliphatic heterocycles. The van der Waals surface area contributed by atoms with Crippen LogP contribution in [0.5, 0.6) is 5.75 Å². The lowest BCUT2D eigenvalue weighted by Gasteiger charge is -2.37. The average Bonchev–Trinajstić information content (AvgIpc) is 2.66. The van der Waals surface area contributed by atoms with Gasteiger partial charge in [-0.1, -0.05) is 42.5 Å². The number of para-hydroxylation sites is 1. The molecule has 29 heavy (non-hydrogen) atoms. The fourth-order valence-electron chi connectivity index (χ4n) is 3.20. The van der Waals surface area contributed by atoms with Crippen molar-refractivity contribution in [1.82, 2.24) is 0 Å². The number of rotatable bonds is 7. The van der Waals surface area contributed by atoms with E-state index in [9.17, 15) is 14.7 Å². The summed E-state index contributed by atoms with van der Waals surface area (Å²) in [5.41, 5.74) is 5.12. The molecular formula is C22H27NO6. The quantitative estimate of drug-likeness (QED) is 0.542. The summed E-state index contributed by atoms with van der Waals surface area (Å²) in [4.78, 5) is 24.6. The van der Waals surface area contributed by atoms with Crippen molar-refractivity contribution in [2.75, 3.05) is 14.2 Å². The van der Waals surface area contributed by atoms with Crippen LogP contribution in [-0.2, 0) is 19.1 Å². The number of esters is 1. The van der Waals surface area contributed by atoms with Crippen LogP contribution in [0.15, 0.2) is 48.5 Å². The van der Waals surface area contributed by atoms with Gasteiger partial charge in [0.05, 0.1) is 19.8 Å². The average molecular weight is 401 g/mol. The number of hydrogen-bond acceptors (Lipinski definition) is 6. The van der Waals surface area contributed by atoms with E-state index >= 15 is 0 Å². The molecule has 0 bridgehead atoms. The Labute approximate surface area is 170 Å². The van der Waals surface area contributed by atoms with E-state index in [1.54, 1.807) is 52.1 Å². The lowest BCUT2D eigenvalue weighted by molar-refractivity contribution is -0.197. The molecule has 0 fully saturated rings. The van der Waals surface area contributed by atoms with Gasteiger partial charge in [-0.05, 0) is 38.0 Å². The van der Waals surface area contributed by atoms with E-state index in [2.05, 4.69) is 0 Å². The van der Waals surface area contributed by atoms with Crippen LogP contribution in [0.2, 0.25) is 0 Å². The van der Waals surface area contributed by atoms with Crippen LogP contribution in [0.3, 0.4) is 0 Å². The fourth-order valence-corrected chi connectivity index (χ4v) is 3.20. The van der Waals surface area contributed by atoms with E-state index in [-0.39, 0.29) is 0 Å². The van der Waals surface area contributed by atoms with Crippen LogP contribution >= 0.6 is 0 Å². The molecule has 0 spiro atoms. The molecule has 0 radical (unpaired) electrons. The monoisotopic (exact) mass is 401 g/mol. The van der Waals surface area contributed by atoms with Crippen LogP contribution in [0, 0.1) is 0 Å². The zero-order valence-electron chi connectivity index (χ0n) is 17.3. The Morgan fingerprint density at radius 1 is 1.00 bits per heavy atom. The SMILES string of the molecule is COC(=O)[C@@](N)(OC(C)(C)C)C(C(=O)O)c1ccc(-c2ccccc2OC)cc1. The molecule has 7 heteroatoms. The molecule has 2 aromatic carbocycles. The third-order valence-electron chi connectivity index (χ3n) is 4.32. The molecular weight excluding hydrogens is 374 g/mol. The number of carboxylic acid groups (broad SMARTS) is 1. The summed E-state index contributed by atoms with van der Waals surface area (Å²) in [7, 11) is 2.72. The highest BCUT2D eigenvalue weighted by Gasteiger charge is 2.52. The van der Waals surface area contributed by atoms with Crippen molar-refractivity contribution in [2.24, 2.45) is 5.73 Å². The van der Waals surface area contributed by atoms with Gasteiger partial charge >= 0.3 is 11.9 Å². The number of benzene rings is 2. The first-order valence-corrected chi connectivity index (χ1v) is 9.07. The highest BCUT2D eigenvalue weighted by Crippen LogP contribution is 2.35. The Bertz CT molecular complexity index is 872. The van der Waals surface area contributed by atoms with E-state index in [1.807, 2.05) is 24.3 Å². The van der Waals surface area contributed by atoms with Crippen LogP contribution in [0.4, 0.5) is 0 Å². The zero-order chi connectivity index (χ0) is 21.8. The first-order chi connectivity index (χ1) is 13.5. The lowest BCUT2D eigenvalue weighted by Crippen LogP contribution is -2.60. The molecule has 0 aliphatic rings. The standard InChI is InChI=1S/C22H27NO6/c1-21(2,3)29-22(23,20(26)28-5)18(19(24)25)15-12-10-14(11-13-15)16-8-6-7-9-17(16)27-4/h6-13,18H,23H2,1-5H3,(H,24,25)/t18?,22-/m0/s1. The summed E-state index contributed by atoms with van der Waals surface area (Å²) in [6.45, 7) is 5.05. The van der Waals surface area contributed by atoms with Crippen LogP contribution in [0.25, 0.3) is 11.1 Å². The number of aliphatic carboxylic acids is 1. The van der Waals surface area contributed by atoms with Crippen LogP contribution < -0.4 is 10.5 Å². The number of nitrogens with two attached hydrogens (primary N) is 1. The Morgan fingerprint density at radius 2 is 1.59 bits per heavy atom. The van der Waals surface area contributed by atoms with Crippen molar-refractivity contribution in [2.45, 2.75) is 38.0 Å². The molecule has 0 aliphatic carbocycles. The second-order valence-corrected chi connectivity index (χ2v) is 7.59. The molecule has 0 amide bonds. The Kier molecular flexibility index (Phi) is 6.66. The van der Waals surface area contributed by atoms with Crippen molar-refractivity contribution in [3.05, 3.63) is 54.1 Å². The van der Waals surface area contributed by atoms with Gasteiger partial charge in [-0.3, -0.25) is 10.5 Å². The minimum atomic E-state index is -2.20. The Hall–Kier alpha value is -2.90. The predicted molar refractivity (Wildman–Crippen MR) is 109 cm³/mol. The van der Waals surface area contributed by atoms with Gasteiger partial charge in [-0.25, -0.2) is 4.79 Å². The number of ether oxygens (including phenoxy) is 3. The second-order valence-electron chi connectivity index (χ2n) is 7.59. The smallest absolute Gasteiger partial charge is 0.354 e. The summed E-state index contributed by atoms with van der Waals surface area (Å²) in [5, 5.41) is 9.88. The third-order valence-corrected chi connectivity index (χ3v) is 4.32. The molecule has 3 N–H and O–H groups in total. The maximum Gasteiger partial charge on any atom is 0.354 e. The summed E-state index contributed by atoms with van der Waals surface area (Å²) < 4.78 is 15.9. The largest absolute Gasteiger partial charge is 0.496 e. The molecule has 0 heterocycles. The summed E-state index contributed by atoms with van der Waals surface area (Å²) in [6, 6.07) is 14.2. The highest BCUT2D eigenvalue weighted by molar-refractivity contribution is 5.90. The van der Waals surface area contributed by atoms with E-state index in [1.165, 1.54) is 0 Å². The van der Waals surface area contributed by atoms with Gasteiger partial charge in [-0.15, -0.1) is 0 Å². The molecule has 2 aromatic rings. The maximum atomic E-state index is 12.5. The van der Waals surface area contributed by atoms with Crippen molar-refractivity contribution in [1.29, 1.82) is 0 Å². The van der Waals surface area contributed by atoms with Crippen molar-refractivity contribution in [3.63, 3.8) is 0 Å². The molecule has 0 saturated heterocycles. The maximum absolute atomic E-state index is 12.5. The number of methoxy groups -OCH3 is 2. The van der Waals surface area contributed by atoms with E-state index < -0.39 is 29.2 Å². The fraction of sp³-hybridized carbons (Fsp3) is 0.364. The minimum absolute atomic E-state index is 0.313. The summed E-state index contributed by atoms with van der Waals surface area (Å²) >= 11 is 0. The Morgan fingerprint density at radius 3 is 2.07 bits per heavy atom. The lowest BCUT2D eigenvalue weighted by atomic mass is 9.87. The van der Waals surface area contributed by atoms with Crippen molar-refractivity contribution in [3.8, 4) is 16.9 Å². The van der Waals surface area contributed by atoms with Crippen molar-refractivity contribution < 1.29 is 28.9 Å². The second kappa shape index (κ2) is 8.63. The van der Waals surface area contributed by atoms with E-state index in [0.29, 0.717) is 11.3 Å². The van der Waals surface area contributed by atoms with Crippen LogP contribution in [-0.4, -0.2) is 42.6 Å². The van der Waals surface area contributed by atoms with Gasteiger partial charge in [0.2, 0.25) is 5.72 Å². The molecule has 0 saturated carbocycles. The van der Waals surface area contributed by atoms with Gasteiger partial charge in [-0.2, -0.15) is 0 Å².